The van der Waals surface area contributed by atoms with Crippen molar-refractivity contribution in [3.05, 3.63) is 35.4 Å². The second-order valence-electron chi connectivity index (χ2n) is 4.24. The molecule has 1 aromatic carbocycles. The summed E-state index contributed by atoms with van der Waals surface area (Å²) in [4.78, 5) is 13.7. The molecule has 2 rings (SSSR count). The molecule has 1 atom stereocenters. The number of hydrogen-bond acceptors (Lipinski definition) is 2. The van der Waals surface area contributed by atoms with Crippen molar-refractivity contribution in [1.82, 2.24) is 10.2 Å². The summed E-state index contributed by atoms with van der Waals surface area (Å²) in [7, 11) is 1.86. The summed E-state index contributed by atoms with van der Waals surface area (Å²) in [5.41, 5.74) is 2.37. The maximum Gasteiger partial charge on any atom is 0.244 e. The first-order chi connectivity index (χ1) is 7.72. The molecule has 0 saturated carbocycles. The Bertz CT molecular complexity index is 372. The van der Waals surface area contributed by atoms with Gasteiger partial charge >= 0.3 is 0 Å². The number of aryl methyl sites for hydroxylation is 1. The maximum absolute atomic E-state index is 11.9. The molecule has 86 valence electrons. The number of carbonyl (C=O) groups excluding carboxylic acids is 1. The molecule has 1 N–H and O–H groups in total. The Hall–Kier alpha value is -1.35. The van der Waals surface area contributed by atoms with Gasteiger partial charge in [0.25, 0.3) is 0 Å². The molecule has 3 nitrogen and oxygen atoms in total. The number of carbonyl (C=O) groups is 1. The number of benzene rings is 1. The smallest absolute Gasteiger partial charge is 0.244 e. The summed E-state index contributed by atoms with van der Waals surface area (Å²) in [6.07, 6.45) is 1.03. The van der Waals surface area contributed by atoms with Crippen LogP contribution < -0.4 is 5.32 Å². The molecule has 0 aliphatic carbocycles. The van der Waals surface area contributed by atoms with Gasteiger partial charge < -0.3 is 10.2 Å². The first-order valence-electron chi connectivity index (χ1n) is 5.79. The van der Waals surface area contributed by atoms with E-state index in [9.17, 15) is 4.79 Å². The molecular weight excluding hydrogens is 200 g/mol. The minimum absolute atomic E-state index is 0.162. The van der Waals surface area contributed by atoms with Gasteiger partial charge in [0.2, 0.25) is 5.91 Å². The van der Waals surface area contributed by atoms with Crippen LogP contribution in [0.5, 0.6) is 0 Å². The number of piperazine rings is 1. The minimum atomic E-state index is -0.162. The van der Waals surface area contributed by atoms with Gasteiger partial charge in [-0.2, -0.15) is 0 Å². The highest BCUT2D eigenvalue weighted by atomic mass is 16.2. The number of hydrogen-bond donors (Lipinski definition) is 1. The van der Waals surface area contributed by atoms with Crippen LogP contribution in [-0.2, 0) is 11.2 Å². The molecule has 0 spiro atoms. The lowest BCUT2D eigenvalue weighted by atomic mass is 10.0. The molecule has 1 unspecified atom stereocenters. The normalized spacial score (nSPS) is 21.2. The van der Waals surface area contributed by atoms with Crippen molar-refractivity contribution in [2.45, 2.75) is 19.4 Å². The molecule has 1 aliphatic heterocycles. The van der Waals surface area contributed by atoms with Gasteiger partial charge in [-0.1, -0.05) is 31.2 Å². The lowest BCUT2D eigenvalue weighted by Gasteiger charge is -2.30. The van der Waals surface area contributed by atoms with Gasteiger partial charge in [0.1, 0.15) is 6.04 Å². The maximum atomic E-state index is 11.9. The minimum Gasteiger partial charge on any atom is -0.343 e. The van der Waals surface area contributed by atoms with E-state index in [0.717, 1.165) is 25.1 Å². The molecule has 16 heavy (non-hydrogen) atoms. The molecule has 0 aromatic heterocycles. The molecule has 1 heterocycles. The first kappa shape index (κ1) is 11.1. The Labute approximate surface area is 96.5 Å². The van der Waals surface area contributed by atoms with Crippen molar-refractivity contribution in [2.75, 3.05) is 20.1 Å². The summed E-state index contributed by atoms with van der Waals surface area (Å²) in [6.45, 7) is 3.79. The molecule has 1 saturated heterocycles. The number of amides is 1. The molecule has 0 radical (unpaired) electrons. The predicted octanol–water partition coefficient (Wildman–Crippen LogP) is 1.35. The average Bonchev–Trinajstić information content (AvgIpc) is 2.33. The number of nitrogens with zero attached hydrogens (tertiary/aromatic N) is 1. The molecular formula is C13H18N2O. The van der Waals surface area contributed by atoms with Crippen LogP contribution in [0.1, 0.15) is 24.1 Å². The lowest BCUT2D eigenvalue weighted by Crippen LogP contribution is -2.48. The van der Waals surface area contributed by atoms with Gasteiger partial charge in [0.05, 0.1) is 0 Å². The van der Waals surface area contributed by atoms with E-state index in [0.29, 0.717) is 0 Å². The number of likely N-dealkylation sites (N-methyl/N-ethyl adjacent to an activating group) is 1. The fraction of sp³-hybridized carbons (Fsp3) is 0.462. The van der Waals surface area contributed by atoms with E-state index < -0.39 is 0 Å². The van der Waals surface area contributed by atoms with Crippen LogP contribution in [0.25, 0.3) is 0 Å². The van der Waals surface area contributed by atoms with E-state index in [1.807, 2.05) is 19.2 Å². The van der Waals surface area contributed by atoms with Crippen molar-refractivity contribution in [3.63, 3.8) is 0 Å². The van der Waals surface area contributed by atoms with Gasteiger partial charge in [-0.3, -0.25) is 4.79 Å². The van der Waals surface area contributed by atoms with E-state index in [-0.39, 0.29) is 11.9 Å². The van der Waals surface area contributed by atoms with Crippen LogP contribution in [0, 0.1) is 0 Å². The molecule has 0 bridgehead atoms. The monoisotopic (exact) mass is 218 g/mol. The van der Waals surface area contributed by atoms with E-state index >= 15 is 0 Å². The van der Waals surface area contributed by atoms with E-state index in [2.05, 4.69) is 24.4 Å². The zero-order chi connectivity index (χ0) is 11.5. The van der Waals surface area contributed by atoms with Crippen molar-refractivity contribution >= 4 is 5.91 Å². The predicted molar refractivity (Wildman–Crippen MR) is 64.2 cm³/mol. The average molecular weight is 218 g/mol. The summed E-state index contributed by atoms with van der Waals surface area (Å²) in [5.74, 6) is 0.162. The van der Waals surface area contributed by atoms with Crippen LogP contribution >= 0.6 is 0 Å². The van der Waals surface area contributed by atoms with Crippen LogP contribution in [-0.4, -0.2) is 30.9 Å². The molecule has 3 heteroatoms. The van der Waals surface area contributed by atoms with Gasteiger partial charge in [-0.15, -0.1) is 0 Å². The quantitative estimate of drug-likeness (QED) is 0.812. The fourth-order valence-electron chi connectivity index (χ4n) is 2.00. The highest BCUT2D eigenvalue weighted by molar-refractivity contribution is 5.83. The van der Waals surface area contributed by atoms with Crippen LogP contribution in [0.2, 0.25) is 0 Å². The third-order valence-electron chi connectivity index (χ3n) is 3.14. The van der Waals surface area contributed by atoms with E-state index in [1.165, 1.54) is 5.56 Å². The molecule has 1 amide bonds. The largest absolute Gasteiger partial charge is 0.343 e. The highest BCUT2D eigenvalue weighted by Crippen LogP contribution is 2.18. The van der Waals surface area contributed by atoms with E-state index in [4.69, 9.17) is 0 Å². The zero-order valence-electron chi connectivity index (χ0n) is 9.86. The second kappa shape index (κ2) is 4.66. The SMILES string of the molecule is CCc1ccc(C2NCCN(C)C2=O)cc1. The Kier molecular flexibility index (Phi) is 3.25. The summed E-state index contributed by atoms with van der Waals surface area (Å²) in [6, 6.07) is 8.13. The molecule has 1 aliphatic rings. The van der Waals surface area contributed by atoms with Crippen LogP contribution in [0.3, 0.4) is 0 Å². The number of nitrogens with one attached hydrogen (secondary N) is 1. The third kappa shape index (κ3) is 2.09. The summed E-state index contributed by atoms with van der Waals surface area (Å²) >= 11 is 0. The Morgan fingerprint density at radius 1 is 1.38 bits per heavy atom. The van der Waals surface area contributed by atoms with Gasteiger partial charge in [0, 0.05) is 20.1 Å². The standard InChI is InChI=1S/C13H18N2O/c1-3-10-4-6-11(7-5-10)12-13(16)15(2)9-8-14-12/h4-7,12,14H,3,8-9H2,1-2H3. The van der Waals surface area contributed by atoms with Gasteiger partial charge in [-0.05, 0) is 17.5 Å². The molecule has 1 fully saturated rings. The fourth-order valence-corrected chi connectivity index (χ4v) is 2.00. The lowest BCUT2D eigenvalue weighted by molar-refractivity contribution is -0.134. The zero-order valence-corrected chi connectivity index (χ0v) is 9.86. The van der Waals surface area contributed by atoms with Crippen molar-refractivity contribution in [1.29, 1.82) is 0 Å². The summed E-state index contributed by atoms with van der Waals surface area (Å²) in [5, 5.41) is 3.26. The molecule has 1 aromatic rings. The van der Waals surface area contributed by atoms with Crippen LogP contribution in [0.4, 0.5) is 0 Å². The highest BCUT2D eigenvalue weighted by Gasteiger charge is 2.26. The number of rotatable bonds is 2. The van der Waals surface area contributed by atoms with Crippen LogP contribution in [0.15, 0.2) is 24.3 Å². The Morgan fingerprint density at radius 3 is 2.69 bits per heavy atom. The summed E-state index contributed by atoms with van der Waals surface area (Å²) < 4.78 is 0. The first-order valence-corrected chi connectivity index (χ1v) is 5.79. The van der Waals surface area contributed by atoms with Crippen molar-refractivity contribution in [2.24, 2.45) is 0 Å². The topological polar surface area (TPSA) is 32.3 Å². The van der Waals surface area contributed by atoms with Gasteiger partial charge in [0.15, 0.2) is 0 Å². The van der Waals surface area contributed by atoms with E-state index in [1.54, 1.807) is 4.90 Å². The third-order valence-corrected chi connectivity index (χ3v) is 3.14. The van der Waals surface area contributed by atoms with Crippen molar-refractivity contribution < 1.29 is 4.79 Å². The van der Waals surface area contributed by atoms with Gasteiger partial charge in [-0.25, -0.2) is 0 Å². The Morgan fingerprint density at radius 2 is 2.06 bits per heavy atom. The Balaban J connectivity index is 2.19. The van der Waals surface area contributed by atoms with Crippen molar-refractivity contribution in [3.8, 4) is 0 Å². The second-order valence-corrected chi connectivity index (χ2v) is 4.24.